The van der Waals surface area contributed by atoms with Gasteiger partial charge in [-0.1, -0.05) is 24.3 Å². The van der Waals surface area contributed by atoms with E-state index in [1.54, 1.807) is 18.2 Å². The van der Waals surface area contributed by atoms with Crippen LogP contribution in [0.15, 0.2) is 42.5 Å². The van der Waals surface area contributed by atoms with Crippen molar-refractivity contribution in [1.29, 1.82) is 0 Å². The van der Waals surface area contributed by atoms with Crippen molar-refractivity contribution in [2.24, 2.45) is 0 Å². The summed E-state index contributed by atoms with van der Waals surface area (Å²) in [6.07, 6.45) is 0. The summed E-state index contributed by atoms with van der Waals surface area (Å²) >= 11 is 1.50. The van der Waals surface area contributed by atoms with Crippen LogP contribution in [0.3, 0.4) is 0 Å². The maximum atomic E-state index is 11.5. The molecular formula is C16H13NO3S. The molecule has 0 saturated heterocycles. The van der Waals surface area contributed by atoms with E-state index >= 15 is 0 Å². The summed E-state index contributed by atoms with van der Waals surface area (Å²) in [5.74, 6) is -0.292. The molecule has 0 aliphatic heterocycles. The Morgan fingerprint density at radius 1 is 1.10 bits per heavy atom. The van der Waals surface area contributed by atoms with Crippen LogP contribution in [0.5, 0.6) is 0 Å². The molecule has 0 saturated carbocycles. The highest BCUT2D eigenvalue weighted by molar-refractivity contribution is 7.21. The van der Waals surface area contributed by atoms with Gasteiger partial charge in [-0.05, 0) is 23.8 Å². The highest BCUT2D eigenvalue weighted by Gasteiger charge is 2.10. The van der Waals surface area contributed by atoms with Gasteiger partial charge in [-0.3, -0.25) is 4.79 Å². The van der Waals surface area contributed by atoms with Crippen LogP contribution >= 0.6 is 11.3 Å². The van der Waals surface area contributed by atoms with Crippen LogP contribution in [0.1, 0.15) is 15.9 Å². The van der Waals surface area contributed by atoms with Crippen molar-refractivity contribution in [1.82, 2.24) is 4.98 Å². The maximum absolute atomic E-state index is 11.5. The highest BCUT2D eigenvalue weighted by atomic mass is 32.1. The molecule has 1 aromatic heterocycles. The molecule has 0 spiro atoms. The molecule has 0 aliphatic carbocycles. The first kappa shape index (κ1) is 13.9. The van der Waals surface area contributed by atoms with Crippen LogP contribution in [0.25, 0.3) is 20.8 Å². The standard InChI is InChI=1S/C16H13NO3S/c18-8-10-1-3-11(4-2-10)16-17-13-6-5-12(14(20)9-19)7-15(13)21-16/h1-7,18-19H,8-9H2. The van der Waals surface area contributed by atoms with Crippen LogP contribution in [0, 0.1) is 0 Å². The number of Topliss-reactive ketones (excluding diaryl/α,β-unsaturated/α-hetero) is 1. The number of benzene rings is 2. The first-order valence-electron chi connectivity index (χ1n) is 6.46. The van der Waals surface area contributed by atoms with Gasteiger partial charge >= 0.3 is 0 Å². The molecular weight excluding hydrogens is 286 g/mol. The van der Waals surface area contributed by atoms with E-state index in [9.17, 15) is 4.79 Å². The lowest BCUT2D eigenvalue weighted by atomic mass is 10.1. The van der Waals surface area contributed by atoms with Gasteiger partial charge in [-0.2, -0.15) is 0 Å². The van der Waals surface area contributed by atoms with Crippen molar-refractivity contribution in [3.63, 3.8) is 0 Å². The van der Waals surface area contributed by atoms with E-state index in [0.717, 1.165) is 26.4 Å². The highest BCUT2D eigenvalue weighted by Crippen LogP contribution is 2.31. The molecule has 0 bridgehead atoms. The Hall–Kier alpha value is -2.08. The number of aliphatic hydroxyl groups is 2. The molecule has 21 heavy (non-hydrogen) atoms. The lowest BCUT2D eigenvalue weighted by molar-refractivity contribution is 0.0904. The third kappa shape index (κ3) is 2.71. The van der Waals surface area contributed by atoms with Crippen LogP contribution in [0.4, 0.5) is 0 Å². The minimum atomic E-state index is -0.486. The second kappa shape index (κ2) is 5.73. The molecule has 0 aliphatic rings. The lowest BCUT2D eigenvalue weighted by Crippen LogP contribution is -2.03. The number of rotatable bonds is 4. The molecule has 2 N–H and O–H groups in total. The number of fused-ring (bicyclic) bond motifs is 1. The number of carbonyl (C=O) groups is 1. The summed E-state index contributed by atoms with van der Waals surface area (Å²) in [7, 11) is 0. The van der Waals surface area contributed by atoms with Gasteiger partial charge in [0, 0.05) is 11.1 Å². The normalized spacial score (nSPS) is 11.0. The largest absolute Gasteiger partial charge is 0.392 e. The van der Waals surface area contributed by atoms with Gasteiger partial charge in [0.05, 0.1) is 16.8 Å². The van der Waals surface area contributed by atoms with Gasteiger partial charge in [-0.25, -0.2) is 4.98 Å². The average molecular weight is 299 g/mol. The molecule has 0 atom stereocenters. The Bertz CT molecular complexity index is 793. The minimum Gasteiger partial charge on any atom is -0.392 e. The van der Waals surface area contributed by atoms with Gasteiger partial charge in [0.1, 0.15) is 11.6 Å². The summed E-state index contributed by atoms with van der Waals surface area (Å²) in [5, 5.41) is 18.8. The summed E-state index contributed by atoms with van der Waals surface area (Å²) in [6, 6.07) is 12.8. The number of hydrogen-bond donors (Lipinski definition) is 2. The van der Waals surface area contributed by atoms with Crippen LogP contribution in [-0.2, 0) is 6.61 Å². The summed E-state index contributed by atoms with van der Waals surface area (Å²) in [5.41, 5.74) is 3.16. The fourth-order valence-corrected chi connectivity index (χ4v) is 3.08. The molecule has 0 amide bonds. The lowest BCUT2D eigenvalue weighted by Gasteiger charge is -1.97. The maximum Gasteiger partial charge on any atom is 0.188 e. The fraction of sp³-hybridized carbons (Fsp3) is 0.125. The van der Waals surface area contributed by atoms with Gasteiger partial charge in [0.15, 0.2) is 5.78 Å². The van der Waals surface area contributed by atoms with E-state index in [1.165, 1.54) is 11.3 Å². The van der Waals surface area contributed by atoms with Crippen molar-refractivity contribution >= 4 is 27.3 Å². The Kier molecular flexibility index (Phi) is 3.79. The van der Waals surface area contributed by atoms with E-state index in [2.05, 4.69) is 4.98 Å². The Balaban J connectivity index is 2.01. The monoisotopic (exact) mass is 299 g/mol. The van der Waals surface area contributed by atoms with Gasteiger partial charge in [0.25, 0.3) is 0 Å². The first-order chi connectivity index (χ1) is 10.2. The van der Waals surface area contributed by atoms with E-state index in [-0.39, 0.29) is 12.4 Å². The molecule has 0 unspecified atom stereocenters. The number of nitrogens with zero attached hydrogens (tertiary/aromatic N) is 1. The van der Waals surface area contributed by atoms with Crippen LogP contribution in [0.2, 0.25) is 0 Å². The Morgan fingerprint density at radius 3 is 2.52 bits per heavy atom. The quantitative estimate of drug-likeness (QED) is 0.727. The number of hydrogen-bond acceptors (Lipinski definition) is 5. The van der Waals surface area contributed by atoms with Crippen molar-refractivity contribution in [3.05, 3.63) is 53.6 Å². The number of thiazole rings is 1. The molecule has 5 heteroatoms. The summed E-state index contributed by atoms with van der Waals surface area (Å²) in [4.78, 5) is 16.1. The summed E-state index contributed by atoms with van der Waals surface area (Å²) < 4.78 is 0.913. The van der Waals surface area contributed by atoms with Crippen LogP contribution in [-0.4, -0.2) is 27.6 Å². The van der Waals surface area contributed by atoms with E-state index < -0.39 is 6.61 Å². The Morgan fingerprint density at radius 2 is 1.86 bits per heavy atom. The first-order valence-corrected chi connectivity index (χ1v) is 7.28. The molecule has 2 aromatic carbocycles. The van der Waals surface area contributed by atoms with Crippen molar-refractivity contribution in [2.45, 2.75) is 6.61 Å². The molecule has 4 nitrogen and oxygen atoms in total. The third-order valence-electron chi connectivity index (χ3n) is 3.24. The van der Waals surface area contributed by atoms with Gasteiger partial charge < -0.3 is 10.2 Å². The molecule has 106 valence electrons. The molecule has 0 fully saturated rings. The van der Waals surface area contributed by atoms with Gasteiger partial charge in [0.2, 0.25) is 0 Å². The zero-order valence-electron chi connectivity index (χ0n) is 11.1. The zero-order chi connectivity index (χ0) is 14.8. The SMILES string of the molecule is O=C(CO)c1ccc2nc(-c3ccc(CO)cc3)sc2c1. The fourth-order valence-electron chi connectivity index (χ4n) is 2.07. The number of aliphatic hydroxyl groups excluding tert-OH is 2. The van der Waals surface area contributed by atoms with Gasteiger partial charge in [-0.15, -0.1) is 11.3 Å². The third-order valence-corrected chi connectivity index (χ3v) is 4.30. The summed E-state index contributed by atoms with van der Waals surface area (Å²) in [6.45, 7) is -0.466. The van der Waals surface area contributed by atoms with Crippen molar-refractivity contribution < 1.29 is 15.0 Å². The molecule has 0 radical (unpaired) electrons. The number of aromatic nitrogens is 1. The number of ketones is 1. The van der Waals surface area contributed by atoms with E-state index in [4.69, 9.17) is 10.2 Å². The minimum absolute atomic E-state index is 0.0206. The average Bonchev–Trinajstić information content (AvgIpc) is 2.97. The predicted molar refractivity (Wildman–Crippen MR) is 82.4 cm³/mol. The van der Waals surface area contributed by atoms with Crippen molar-refractivity contribution in [2.75, 3.05) is 6.61 Å². The van der Waals surface area contributed by atoms with Crippen molar-refractivity contribution in [3.8, 4) is 10.6 Å². The zero-order valence-corrected chi connectivity index (χ0v) is 11.9. The van der Waals surface area contributed by atoms with Crippen LogP contribution < -0.4 is 0 Å². The molecule has 1 heterocycles. The topological polar surface area (TPSA) is 70.4 Å². The van der Waals surface area contributed by atoms with E-state index in [1.807, 2.05) is 24.3 Å². The second-order valence-electron chi connectivity index (χ2n) is 4.64. The molecule has 3 rings (SSSR count). The number of carbonyl (C=O) groups excluding carboxylic acids is 1. The van der Waals surface area contributed by atoms with E-state index in [0.29, 0.717) is 5.56 Å². The predicted octanol–water partition coefficient (Wildman–Crippen LogP) is 2.63. The smallest absolute Gasteiger partial charge is 0.188 e. The molecule has 3 aromatic rings. The second-order valence-corrected chi connectivity index (χ2v) is 5.67. The Labute approximate surface area is 125 Å².